The molecule has 1 aliphatic heterocycles. The maximum atomic E-state index is 12.8. The fourth-order valence-corrected chi connectivity index (χ4v) is 5.57. The predicted molar refractivity (Wildman–Crippen MR) is 146 cm³/mol. The van der Waals surface area contributed by atoms with Gasteiger partial charge in [-0.05, 0) is 55.4 Å². The molecule has 11 heteroatoms. The monoisotopic (exact) mass is 551 g/mol. The molecule has 0 amide bonds. The van der Waals surface area contributed by atoms with E-state index in [-0.39, 0.29) is 12.0 Å². The molecule has 210 valence electrons. The first kappa shape index (κ1) is 26.5. The number of fused-ring (bicyclic) bond motifs is 3. The van der Waals surface area contributed by atoms with E-state index in [2.05, 4.69) is 50.1 Å². The third kappa shape index (κ3) is 5.60. The summed E-state index contributed by atoms with van der Waals surface area (Å²) in [5.41, 5.74) is 6.65. The van der Waals surface area contributed by atoms with E-state index in [4.69, 9.17) is 9.72 Å². The van der Waals surface area contributed by atoms with E-state index in [1.807, 2.05) is 31.3 Å². The maximum Gasteiger partial charge on any atom is 0.401 e. The number of H-pyrrole nitrogens is 1. The molecule has 0 bridgehead atoms. The van der Waals surface area contributed by atoms with Gasteiger partial charge in [0, 0.05) is 35.1 Å². The molecule has 3 aromatic heterocycles. The second kappa shape index (κ2) is 10.0. The van der Waals surface area contributed by atoms with E-state index in [1.165, 1.54) is 0 Å². The van der Waals surface area contributed by atoms with Crippen molar-refractivity contribution in [3.63, 3.8) is 0 Å². The van der Waals surface area contributed by atoms with Crippen LogP contribution in [0, 0.1) is 12.3 Å². The second-order valence-corrected chi connectivity index (χ2v) is 11.5. The number of hydrogen-bond acceptors (Lipinski definition) is 7. The van der Waals surface area contributed by atoms with Crippen LogP contribution in [-0.4, -0.2) is 50.8 Å². The average Bonchev–Trinajstić information content (AvgIpc) is 3.13. The van der Waals surface area contributed by atoms with Crippen molar-refractivity contribution in [2.45, 2.75) is 59.3 Å². The van der Waals surface area contributed by atoms with E-state index in [9.17, 15) is 13.2 Å². The third-order valence-corrected chi connectivity index (χ3v) is 7.55. The number of pyridine rings is 1. The summed E-state index contributed by atoms with van der Waals surface area (Å²) in [6, 6.07) is 8.17. The van der Waals surface area contributed by atoms with Crippen LogP contribution in [-0.2, 0) is 25.9 Å². The summed E-state index contributed by atoms with van der Waals surface area (Å²) in [6.07, 6.45) is 0.0876. The van der Waals surface area contributed by atoms with Crippen molar-refractivity contribution < 1.29 is 17.9 Å². The van der Waals surface area contributed by atoms with Crippen LogP contribution >= 0.6 is 0 Å². The number of nitrogens with zero attached hydrogens (tertiary/aromatic N) is 5. The van der Waals surface area contributed by atoms with E-state index in [0.717, 1.165) is 70.1 Å². The average molecular weight is 552 g/mol. The minimum absolute atomic E-state index is 0.0448. The molecule has 1 aromatic carbocycles. The molecular weight excluding hydrogens is 519 g/mol. The summed E-state index contributed by atoms with van der Waals surface area (Å²) < 4.78 is 44.4. The molecule has 0 unspecified atom stereocenters. The van der Waals surface area contributed by atoms with Crippen molar-refractivity contribution in [3.05, 3.63) is 58.9 Å². The predicted octanol–water partition coefficient (Wildman–Crippen LogP) is 5.29. The molecule has 4 aromatic rings. The summed E-state index contributed by atoms with van der Waals surface area (Å²) in [5, 5.41) is 2.46. The molecule has 40 heavy (non-hydrogen) atoms. The van der Waals surface area contributed by atoms with E-state index >= 15 is 0 Å². The van der Waals surface area contributed by atoms with Gasteiger partial charge < -0.3 is 19.9 Å². The van der Waals surface area contributed by atoms with Crippen LogP contribution in [0.3, 0.4) is 0 Å². The van der Waals surface area contributed by atoms with Crippen molar-refractivity contribution >= 4 is 17.0 Å². The molecule has 0 atom stereocenters. The number of aromatic nitrogens is 5. The molecule has 0 saturated heterocycles. The Balaban J connectivity index is 1.34. The molecule has 8 nitrogen and oxygen atoms in total. The Hall–Kier alpha value is -3.73. The lowest BCUT2D eigenvalue weighted by Crippen LogP contribution is -2.33. The van der Waals surface area contributed by atoms with Crippen molar-refractivity contribution in [2.75, 3.05) is 24.6 Å². The molecule has 0 spiro atoms. The van der Waals surface area contributed by atoms with Crippen LogP contribution in [0.2, 0.25) is 0 Å². The van der Waals surface area contributed by atoms with Gasteiger partial charge in [-0.2, -0.15) is 13.2 Å². The Morgan fingerprint density at radius 1 is 1.12 bits per heavy atom. The van der Waals surface area contributed by atoms with Crippen LogP contribution in [0.1, 0.15) is 48.7 Å². The Bertz CT molecular complexity index is 1560. The van der Waals surface area contributed by atoms with Gasteiger partial charge in [0.05, 0.1) is 25.2 Å². The van der Waals surface area contributed by atoms with Gasteiger partial charge in [0.2, 0.25) is 0 Å². The smallest absolute Gasteiger partial charge is 0.401 e. The summed E-state index contributed by atoms with van der Waals surface area (Å²) in [7, 11) is 0. The highest BCUT2D eigenvalue weighted by atomic mass is 19.4. The third-order valence-electron chi connectivity index (χ3n) is 7.55. The van der Waals surface area contributed by atoms with Crippen LogP contribution in [0.4, 0.5) is 19.0 Å². The number of nitrogens with one attached hydrogen (secondary N) is 2. The second-order valence-electron chi connectivity index (χ2n) is 11.5. The maximum absolute atomic E-state index is 12.8. The zero-order valence-corrected chi connectivity index (χ0v) is 22.8. The highest BCUT2D eigenvalue weighted by molar-refractivity contribution is 5.78. The van der Waals surface area contributed by atoms with Gasteiger partial charge in [-0.25, -0.2) is 19.9 Å². The number of ether oxygens (including phenoxy) is 1. The Labute approximate surface area is 230 Å². The van der Waals surface area contributed by atoms with Crippen LogP contribution in [0.25, 0.3) is 22.3 Å². The van der Waals surface area contributed by atoms with Gasteiger partial charge in [0.1, 0.15) is 29.8 Å². The van der Waals surface area contributed by atoms with Gasteiger partial charge in [-0.15, -0.1) is 0 Å². The summed E-state index contributed by atoms with van der Waals surface area (Å²) in [5.74, 6) is 2.80. The minimum Gasteiger partial charge on any atom is -0.491 e. The van der Waals surface area contributed by atoms with E-state index in [1.54, 1.807) is 0 Å². The SMILES string of the molecule is Cc1nc2ncc(-c3ccc4c(c3)CN(c3nc(CNCC(F)(F)F)nc5c3CC(C)(C)CC5)CCO4)cc2[nH]1. The van der Waals surface area contributed by atoms with Crippen LogP contribution in [0.5, 0.6) is 5.75 Å². The van der Waals surface area contributed by atoms with Gasteiger partial charge in [0.15, 0.2) is 5.65 Å². The topological polar surface area (TPSA) is 91.9 Å². The van der Waals surface area contributed by atoms with Gasteiger partial charge >= 0.3 is 6.18 Å². The van der Waals surface area contributed by atoms with Crippen LogP contribution < -0.4 is 15.0 Å². The normalized spacial score (nSPS) is 16.8. The summed E-state index contributed by atoms with van der Waals surface area (Å²) in [4.78, 5) is 23.8. The number of alkyl halides is 3. The highest BCUT2D eigenvalue weighted by Crippen LogP contribution is 2.39. The van der Waals surface area contributed by atoms with Gasteiger partial charge in [0.25, 0.3) is 0 Å². The van der Waals surface area contributed by atoms with Crippen molar-refractivity contribution in [3.8, 4) is 16.9 Å². The zero-order chi connectivity index (χ0) is 28.1. The summed E-state index contributed by atoms with van der Waals surface area (Å²) in [6.45, 7) is 6.87. The standard InChI is InChI=1S/C29H32F3N7O/c1-17-35-23-11-19(13-34-26(23)36-17)18-4-5-24-20(10-18)15-39(8-9-40-24)27-21-12-28(2,3)7-6-22(21)37-25(38-27)14-33-16-29(30,31)32/h4-5,10-11,13,33H,6-9,12,14-16H2,1-3H3,(H,34,35,36). The molecule has 1 aliphatic carbocycles. The van der Waals surface area contributed by atoms with Crippen molar-refractivity contribution in [1.82, 2.24) is 30.2 Å². The van der Waals surface area contributed by atoms with E-state index < -0.39 is 12.7 Å². The van der Waals surface area contributed by atoms with Gasteiger partial charge in [-0.3, -0.25) is 0 Å². The zero-order valence-electron chi connectivity index (χ0n) is 22.8. The number of halogens is 3. The summed E-state index contributed by atoms with van der Waals surface area (Å²) >= 11 is 0. The first-order chi connectivity index (χ1) is 19.0. The molecule has 2 aliphatic rings. The van der Waals surface area contributed by atoms with Crippen molar-refractivity contribution in [2.24, 2.45) is 5.41 Å². The Morgan fingerprint density at radius 2 is 1.98 bits per heavy atom. The largest absolute Gasteiger partial charge is 0.491 e. The molecule has 0 fully saturated rings. The van der Waals surface area contributed by atoms with Gasteiger partial charge in [-0.1, -0.05) is 19.9 Å². The fraction of sp³-hybridized carbons (Fsp3) is 0.448. The number of aromatic amines is 1. The lowest BCUT2D eigenvalue weighted by atomic mass is 9.76. The number of rotatable bonds is 5. The molecule has 0 radical (unpaired) electrons. The number of anilines is 1. The lowest BCUT2D eigenvalue weighted by molar-refractivity contribution is -0.125. The van der Waals surface area contributed by atoms with Crippen LogP contribution in [0.15, 0.2) is 30.5 Å². The molecule has 6 rings (SSSR count). The van der Waals surface area contributed by atoms with Crippen molar-refractivity contribution in [1.29, 1.82) is 0 Å². The number of imidazole rings is 1. The molecular formula is C29H32F3N7O. The highest BCUT2D eigenvalue weighted by Gasteiger charge is 2.32. The number of aryl methyl sites for hydroxylation is 2. The van der Waals surface area contributed by atoms with E-state index in [0.29, 0.717) is 31.2 Å². The number of benzene rings is 1. The minimum atomic E-state index is -4.29. The first-order valence-corrected chi connectivity index (χ1v) is 13.5. The lowest BCUT2D eigenvalue weighted by Gasteiger charge is -2.34. The quantitative estimate of drug-likeness (QED) is 0.348. The first-order valence-electron chi connectivity index (χ1n) is 13.5. The molecule has 0 saturated carbocycles. The number of hydrogen-bond donors (Lipinski definition) is 2. The Kier molecular flexibility index (Phi) is 6.64. The molecule has 2 N–H and O–H groups in total. The Morgan fingerprint density at radius 3 is 2.80 bits per heavy atom. The fourth-order valence-electron chi connectivity index (χ4n) is 5.57. The molecule has 4 heterocycles.